The highest BCUT2D eigenvalue weighted by Gasteiger charge is 2.15. The van der Waals surface area contributed by atoms with Crippen molar-refractivity contribution in [1.82, 2.24) is 4.90 Å². The number of aryl methyl sites for hydroxylation is 1. The van der Waals surface area contributed by atoms with Crippen LogP contribution in [0.5, 0.6) is 0 Å². The van der Waals surface area contributed by atoms with Crippen LogP contribution in [0.1, 0.15) is 50.8 Å². The third kappa shape index (κ3) is 8.44. The highest BCUT2D eigenvalue weighted by molar-refractivity contribution is 5.33. The van der Waals surface area contributed by atoms with E-state index in [0.29, 0.717) is 5.92 Å². The zero-order valence-electron chi connectivity index (χ0n) is 18.9. The van der Waals surface area contributed by atoms with Gasteiger partial charge in [-0.15, -0.1) is 12.8 Å². The standard InChI is InChI=1S/C26H35N.C2H2/c1-20(2)17-26(21(3)4)23(6)27(16-15-24-12-8-7-9-13-24)19-25-14-10-11-22(5)18-25;1-2/h7-14,18,20H,6,15-17,19H2,1-5H3;1-2H. The first-order valence-corrected chi connectivity index (χ1v) is 10.4. The summed E-state index contributed by atoms with van der Waals surface area (Å²) in [7, 11) is 0. The van der Waals surface area contributed by atoms with Crippen molar-refractivity contribution >= 4 is 0 Å². The van der Waals surface area contributed by atoms with Crippen LogP contribution in [0.4, 0.5) is 0 Å². The number of hydrogen-bond donors (Lipinski definition) is 0. The Hall–Kier alpha value is -2.72. The number of allylic oxidation sites excluding steroid dienone is 2. The van der Waals surface area contributed by atoms with Crippen molar-refractivity contribution in [1.29, 1.82) is 0 Å². The van der Waals surface area contributed by atoms with Crippen molar-refractivity contribution in [2.45, 2.75) is 54.0 Å². The molecular weight excluding hydrogens is 350 g/mol. The van der Waals surface area contributed by atoms with E-state index in [-0.39, 0.29) is 0 Å². The van der Waals surface area contributed by atoms with Crippen LogP contribution in [0.15, 0.2) is 78.0 Å². The van der Waals surface area contributed by atoms with Crippen molar-refractivity contribution in [2.75, 3.05) is 6.54 Å². The smallest absolute Gasteiger partial charge is 0.0429 e. The van der Waals surface area contributed by atoms with E-state index < -0.39 is 0 Å². The van der Waals surface area contributed by atoms with Crippen LogP contribution in [0, 0.1) is 25.7 Å². The molecule has 0 heterocycles. The summed E-state index contributed by atoms with van der Waals surface area (Å²) >= 11 is 0. The molecule has 154 valence electrons. The molecular formula is C28H37N. The molecule has 0 aliphatic heterocycles. The van der Waals surface area contributed by atoms with E-state index >= 15 is 0 Å². The van der Waals surface area contributed by atoms with Crippen molar-refractivity contribution < 1.29 is 0 Å². The molecule has 0 atom stereocenters. The second kappa shape index (κ2) is 12.7. The van der Waals surface area contributed by atoms with Gasteiger partial charge in [0.15, 0.2) is 0 Å². The van der Waals surface area contributed by atoms with Crippen LogP contribution in [0.2, 0.25) is 0 Å². The maximum absolute atomic E-state index is 4.53. The van der Waals surface area contributed by atoms with E-state index in [1.54, 1.807) is 0 Å². The van der Waals surface area contributed by atoms with E-state index in [0.717, 1.165) is 25.9 Å². The fourth-order valence-electron chi connectivity index (χ4n) is 3.46. The minimum atomic E-state index is 0.626. The predicted octanol–water partition coefficient (Wildman–Crippen LogP) is 7.19. The fourth-order valence-corrected chi connectivity index (χ4v) is 3.46. The van der Waals surface area contributed by atoms with E-state index in [1.807, 2.05) is 0 Å². The number of benzene rings is 2. The Kier molecular flexibility index (Phi) is 10.6. The summed E-state index contributed by atoms with van der Waals surface area (Å²) in [5.74, 6) is 0.626. The average molecular weight is 388 g/mol. The van der Waals surface area contributed by atoms with Gasteiger partial charge in [-0.25, -0.2) is 0 Å². The maximum Gasteiger partial charge on any atom is 0.0429 e. The van der Waals surface area contributed by atoms with E-state index in [2.05, 4.69) is 114 Å². The first kappa shape index (κ1) is 24.3. The summed E-state index contributed by atoms with van der Waals surface area (Å²) in [5.41, 5.74) is 8.00. The Balaban J connectivity index is 0.00000204. The molecule has 0 aromatic heterocycles. The van der Waals surface area contributed by atoms with Crippen molar-refractivity contribution in [2.24, 2.45) is 5.92 Å². The van der Waals surface area contributed by atoms with Gasteiger partial charge in [0.05, 0.1) is 0 Å². The van der Waals surface area contributed by atoms with Crippen molar-refractivity contribution in [3.05, 3.63) is 94.7 Å². The molecule has 1 heteroatoms. The van der Waals surface area contributed by atoms with Gasteiger partial charge < -0.3 is 4.90 Å². The molecule has 0 amide bonds. The molecule has 0 bridgehead atoms. The molecule has 0 spiro atoms. The first-order valence-electron chi connectivity index (χ1n) is 10.4. The van der Waals surface area contributed by atoms with E-state index in [4.69, 9.17) is 0 Å². The van der Waals surface area contributed by atoms with Gasteiger partial charge in [0, 0.05) is 18.8 Å². The Morgan fingerprint density at radius 1 is 0.966 bits per heavy atom. The highest BCUT2D eigenvalue weighted by atomic mass is 15.1. The monoisotopic (exact) mass is 387 g/mol. The fraction of sp³-hybridized carbons (Fsp3) is 0.357. The zero-order chi connectivity index (χ0) is 21.8. The van der Waals surface area contributed by atoms with E-state index in [9.17, 15) is 0 Å². The van der Waals surface area contributed by atoms with Crippen LogP contribution in [0.25, 0.3) is 0 Å². The zero-order valence-corrected chi connectivity index (χ0v) is 18.9. The third-order valence-electron chi connectivity index (χ3n) is 4.92. The molecule has 0 radical (unpaired) electrons. The van der Waals surface area contributed by atoms with Crippen LogP contribution in [-0.2, 0) is 13.0 Å². The number of rotatable bonds is 9. The third-order valence-corrected chi connectivity index (χ3v) is 4.92. The minimum absolute atomic E-state index is 0.626. The molecule has 2 aromatic carbocycles. The lowest BCUT2D eigenvalue weighted by Gasteiger charge is -2.30. The van der Waals surface area contributed by atoms with Crippen LogP contribution in [-0.4, -0.2) is 11.4 Å². The van der Waals surface area contributed by atoms with Gasteiger partial charge in [-0.3, -0.25) is 0 Å². The molecule has 0 fully saturated rings. The summed E-state index contributed by atoms with van der Waals surface area (Å²) < 4.78 is 0. The summed E-state index contributed by atoms with van der Waals surface area (Å²) in [6.07, 6.45) is 10.1. The lowest BCUT2D eigenvalue weighted by Crippen LogP contribution is -2.26. The van der Waals surface area contributed by atoms with Gasteiger partial charge >= 0.3 is 0 Å². The lowest BCUT2D eigenvalue weighted by atomic mass is 9.96. The summed E-state index contributed by atoms with van der Waals surface area (Å²) in [5, 5.41) is 0. The van der Waals surface area contributed by atoms with Gasteiger partial charge in [0.25, 0.3) is 0 Å². The summed E-state index contributed by atoms with van der Waals surface area (Å²) in [6.45, 7) is 17.6. The molecule has 1 nitrogen and oxygen atoms in total. The first-order chi connectivity index (χ1) is 13.9. The van der Waals surface area contributed by atoms with Gasteiger partial charge in [-0.05, 0) is 56.2 Å². The molecule has 0 aliphatic rings. The molecule has 2 rings (SSSR count). The molecule has 0 unspecified atom stereocenters. The largest absolute Gasteiger partial charge is 0.367 e. The predicted molar refractivity (Wildman–Crippen MR) is 129 cm³/mol. The second-order valence-corrected chi connectivity index (χ2v) is 8.17. The Bertz CT molecular complexity index is 804. The minimum Gasteiger partial charge on any atom is -0.367 e. The number of hydrogen-bond acceptors (Lipinski definition) is 1. The average Bonchev–Trinajstić information content (AvgIpc) is 2.71. The molecule has 0 N–H and O–H groups in total. The Labute approximate surface area is 179 Å². The molecule has 0 aliphatic carbocycles. The van der Waals surface area contributed by atoms with Crippen molar-refractivity contribution in [3.8, 4) is 12.8 Å². The summed E-state index contributed by atoms with van der Waals surface area (Å²) in [6, 6.07) is 19.6. The van der Waals surface area contributed by atoms with Gasteiger partial charge in [0.1, 0.15) is 0 Å². The normalized spacial score (nSPS) is 10.1. The Morgan fingerprint density at radius 3 is 2.14 bits per heavy atom. The number of terminal acetylenes is 1. The molecule has 29 heavy (non-hydrogen) atoms. The molecule has 0 saturated carbocycles. The maximum atomic E-state index is 4.53. The van der Waals surface area contributed by atoms with Gasteiger partial charge in [-0.1, -0.05) is 86.2 Å². The van der Waals surface area contributed by atoms with Crippen LogP contribution < -0.4 is 0 Å². The van der Waals surface area contributed by atoms with Gasteiger partial charge in [0.2, 0.25) is 0 Å². The highest BCUT2D eigenvalue weighted by Crippen LogP contribution is 2.26. The topological polar surface area (TPSA) is 3.24 Å². The van der Waals surface area contributed by atoms with E-state index in [1.165, 1.54) is 33.5 Å². The van der Waals surface area contributed by atoms with Crippen LogP contribution in [0.3, 0.4) is 0 Å². The van der Waals surface area contributed by atoms with Gasteiger partial charge in [-0.2, -0.15) is 0 Å². The van der Waals surface area contributed by atoms with Crippen molar-refractivity contribution in [3.63, 3.8) is 0 Å². The number of nitrogens with zero attached hydrogens (tertiary/aromatic N) is 1. The summed E-state index contributed by atoms with van der Waals surface area (Å²) in [4.78, 5) is 2.46. The Morgan fingerprint density at radius 2 is 1.59 bits per heavy atom. The molecule has 0 saturated heterocycles. The molecule has 2 aromatic rings. The quantitative estimate of drug-likeness (QED) is 0.325. The van der Waals surface area contributed by atoms with Crippen LogP contribution >= 0.6 is 0 Å². The lowest BCUT2D eigenvalue weighted by molar-refractivity contribution is 0.343. The second-order valence-electron chi connectivity index (χ2n) is 8.17. The SMILES string of the molecule is C#C.C=C(C(CC(C)C)=C(C)C)N(CCc1ccccc1)Cc1cccc(C)c1.